The lowest BCUT2D eigenvalue weighted by atomic mass is 9.85. The number of carbonyl (C=O) groups excluding carboxylic acids is 1. The minimum atomic E-state index is -1.08. The molecule has 1 N–H and O–H groups in total. The zero-order valence-corrected chi connectivity index (χ0v) is 12.4. The van der Waals surface area contributed by atoms with Gasteiger partial charge >= 0.3 is 6.09 Å². The minimum absolute atomic E-state index is 0.485. The van der Waals surface area contributed by atoms with Crippen LogP contribution < -0.4 is 10.1 Å². The first-order valence-electron chi connectivity index (χ1n) is 6.31. The van der Waals surface area contributed by atoms with E-state index in [1.54, 1.807) is 14.2 Å². The average molecular weight is 280 g/mol. The molecule has 0 aliphatic carbocycles. The lowest BCUT2D eigenvalue weighted by Crippen LogP contribution is -2.58. The number of carbonyl (C=O) groups is 1. The number of likely N-dealkylation sites (N-methyl/N-ethyl adjacent to an activating group) is 1. The third-order valence-corrected chi connectivity index (χ3v) is 3.68. The maximum Gasteiger partial charge on any atom is 0.409 e. The van der Waals surface area contributed by atoms with Gasteiger partial charge in [-0.1, -0.05) is 12.1 Å². The average Bonchev–Trinajstić information content (AvgIpc) is 2.67. The molecule has 1 aromatic rings. The predicted molar refractivity (Wildman–Crippen MR) is 73.1 cm³/mol. The molecule has 0 spiro atoms. The van der Waals surface area contributed by atoms with Crippen molar-refractivity contribution in [2.45, 2.75) is 25.1 Å². The van der Waals surface area contributed by atoms with Crippen LogP contribution in [0.1, 0.15) is 19.4 Å². The highest BCUT2D eigenvalue weighted by Gasteiger charge is 2.60. The fourth-order valence-corrected chi connectivity index (χ4v) is 2.65. The molecular weight excluding hydrogens is 260 g/mol. The van der Waals surface area contributed by atoms with Crippen LogP contribution in [0.2, 0.25) is 0 Å². The highest BCUT2D eigenvalue weighted by atomic mass is 16.7. The van der Waals surface area contributed by atoms with E-state index in [1.165, 1.54) is 12.2 Å². The second-order valence-electron chi connectivity index (χ2n) is 5.20. The van der Waals surface area contributed by atoms with Crippen LogP contribution in [0.25, 0.3) is 0 Å². The van der Waals surface area contributed by atoms with Crippen LogP contribution in [-0.4, -0.2) is 38.0 Å². The van der Waals surface area contributed by atoms with Crippen molar-refractivity contribution < 1.29 is 19.1 Å². The standard InChI is InChI=1S/C14H20N2O4/c1-13(2)14(16(3)19-5,20-12(17)15-13)10-7-6-8-11(9-10)18-4/h6-9H,1-5H3,(H,15,17). The van der Waals surface area contributed by atoms with Gasteiger partial charge in [0, 0.05) is 12.6 Å². The fraction of sp³-hybridized carbons (Fsp3) is 0.500. The molecule has 6 heteroatoms. The number of hydrogen-bond donors (Lipinski definition) is 1. The van der Waals surface area contributed by atoms with Crippen molar-refractivity contribution in [3.8, 4) is 5.75 Å². The van der Waals surface area contributed by atoms with Gasteiger partial charge in [0.1, 0.15) is 5.75 Å². The topological polar surface area (TPSA) is 60.0 Å². The number of nitrogens with zero attached hydrogens (tertiary/aromatic N) is 1. The summed E-state index contributed by atoms with van der Waals surface area (Å²) in [5.41, 5.74) is -0.987. The summed E-state index contributed by atoms with van der Waals surface area (Å²) in [4.78, 5) is 17.1. The van der Waals surface area contributed by atoms with Crippen molar-refractivity contribution in [1.29, 1.82) is 0 Å². The Kier molecular flexibility index (Phi) is 3.62. The van der Waals surface area contributed by atoms with Crippen molar-refractivity contribution >= 4 is 6.09 Å². The van der Waals surface area contributed by atoms with Crippen LogP contribution in [-0.2, 0) is 15.3 Å². The largest absolute Gasteiger partial charge is 0.497 e. The smallest absolute Gasteiger partial charge is 0.409 e. The van der Waals surface area contributed by atoms with Gasteiger partial charge in [0.15, 0.2) is 0 Å². The molecule has 1 aliphatic rings. The molecule has 0 saturated carbocycles. The maximum absolute atomic E-state index is 11.8. The van der Waals surface area contributed by atoms with Gasteiger partial charge in [-0.05, 0) is 26.0 Å². The van der Waals surface area contributed by atoms with Crippen LogP contribution in [0.4, 0.5) is 4.79 Å². The van der Waals surface area contributed by atoms with Gasteiger partial charge < -0.3 is 14.8 Å². The molecule has 1 unspecified atom stereocenters. The van der Waals surface area contributed by atoms with Crippen LogP contribution in [0.3, 0.4) is 0 Å². The number of rotatable bonds is 4. The van der Waals surface area contributed by atoms with Gasteiger partial charge in [0.05, 0.1) is 19.8 Å². The number of ether oxygens (including phenoxy) is 2. The van der Waals surface area contributed by atoms with Crippen LogP contribution in [0.5, 0.6) is 5.75 Å². The number of cyclic esters (lactones) is 1. The summed E-state index contributed by atoms with van der Waals surface area (Å²) in [6.45, 7) is 3.76. The van der Waals surface area contributed by atoms with Gasteiger partial charge in [-0.15, -0.1) is 5.06 Å². The monoisotopic (exact) mass is 280 g/mol. The van der Waals surface area contributed by atoms with E-state index in [0.717, 1.165) is 5.56 Å². The normalized spacial score (nSPS) is 24.4. The van der Waals surface area contributed by atoms with E-state index in [9.17, 15) is 4.79 Å². The van der Waals surface area contributed by atoms with Crippen LogP contribution in [0, 0.1) is 0 Å². The molecule has 1 heterocycles. The summed E-state index contributed by atoms with van der Waals surface area (Å²) in [7, 11) is 4.85. The van der Waals surface area contributed by atoms with Crippen molar-refractivity contribution in [3.05, 3.63) is 29.8 Å². The zero-order chi connectivity index (χ0) is 15.0. The Labute approximate surface area is 118 Å². The summed E-state index contributed by atoms with van der Waals surface area (Å²) in [6.07, 6.45) is -0.485. The van der Waals surface area contributed by atoms with Crippen molar-refractivity contribution in [3.63, 3.8) is 0 Å². The van der Waals surface area contributed by atoms with E-state index in [-0.39, 0.29) is 0 Å². The number of hydroxylamine groups is 2. The third-order valence-electron chi connectivity index (χ3n) is 3.68. The predicted octanol–water partition coefficient (Wildman–Crippen LogP) is 1.86. The van der Waals surface area contributed by atoms with Crippen LogP contribution in [0.15, 0.2) is 24.3 Å². The number of hydrogen-bond acceptors (Lipinski definition) is 5. The Morgan fingerprint density at radius 1 is 1.30 bits per heavy atom. The Morgan fingerprint density at radius 2 is 2.00 bits per heavy atom. The van der Waals surface area contributed by atoms with E-state index >= 15 is 0 Å². The molecule has 1 aliphatic heterocycles. The van der Waals surface area contributed by atoms with Gasteiger partial charge in [-0.3, -0.25) is 4.84 Å². The first kappa shape index (κ1) is 14.6. The molecule has 110 valence electrons. The van der Waals surface area contributed by atoms with Gasteiger partial charge in [0.25, 0.3) is 0 Å². The zero-order valence-electron chi connectivity index (χ0n) is 12.4. The van der Waals surface area contributed by atoms with E-state index in [2.05, 4.69) is 5.32 Å². The Balaban J connectivity index is 2.61. The first-order chi connectivity index (χ1) is 9.37. The molecule has 1 saturated heterocycles. The quantitative estimate of drug-likeness (QED) is 0.853. The summed E-state index contributed by atoms with van der Waals surface area (Å²) < 4.78 is 10.8. The summed E-state index contributed by atoms with van der Waals surface area (Å²) >= 11 is 0. The second-order valence-corrected chi connectivity index (χ2v) is 5.20. The molecule has 0 radical (unpaired) electrons. The molecule has 1 aromatic carbocycles. The summed E-state index contributed by atoms with van der Waals surface area (Å²) in [5.74, 6) is 0.685. The lowest BCUT2D eigenvalue weighted by molar-refractivity contribution is -0.278. The van der Waals surface area contributed by atoms with E-state index in [0.29, 0.717) is 5.75 Å². The fourth-order valence-electron chi connectivity index (χ4n) is 2.65. The lowest BCUT2D eigenvalue weighted by Gasteiger charge is -2.43. The van der Waals surface area contributed by atoms with Crippen molar-refractivity contribution in [2.24, 2.45) is 0 Å². The third kappa shape index (κ3) is 2.01. The molecule has 0 aromatic heterocycles. The highest BCUT2D eigenvalue weighted by molar-refractivity contribution is 5.72. The van der Waals surface area contributed by atoms with E-state index < -0.39 is 17.4 Å². The highest BCUT2D eigenvalue weighted by Crippen LogP contribution is 2.44. The van der Waals surface area contributed by atoms with Crippen LogP contribution >= 0.6 is 0 Å². The van der Waals surface area contributed by atoms with Crippen molar-refractivity contribution in [2.75, 3.05) is 21.3 Å². The Hall–Kier alpha value is -1.79. The molecule has 1 fully saturated rings. The SMILES string of the molecule is COc1cccc(C2(N(C)OC)OC(=O)NC2(C)C)c1. The molecule has 20 heavy (non-hydrogen) atoms. The first-order valence-corrected chi connectivity index (χ1v) is 6.31. The number of amides is 1. The Bertz CT molecular complexity index is 518. The number of methoxy groups -OCH3 is 1. The maximum atomic E-state index is 11.8. The van der Waals surface area contributed by atoms with E-state index in [1.807, 2.05) is 38.1 Å². The minimum Gasteiger partial charge on any atom is -0.497 e. The molecule has 0 bridgehead atoms. The molecular formula is C14H20N2O4. The Morgan fingerprint density at radius 3 is 2.50 bits per heavy atom. The summed E-state index contributed by atoms with van der Waals surface area (Å²) in [6, 6.07) is 7.39. The number of alkyl carbamates (subject to hydrolysis) is 1. The molecule has 2 rings (SSSR count). The molecule has 1 amide bonds. The second kappa shape index (κ2) is 4.96. The van der Waals surface area contributed by atoms with Gasteiger partial charge in [-0.25, -0.2) is 4.79 Å². The molecule has 1 atom stereocenters. The van der Waals surface area contributed by atoms with Gasteiger partial charge in [-0.2, -0.15) is 0 Å². The van der Waals surface area contributed by atoms with E-state index in [4.69, 9.17) is 14.3 Å². The molecule has 6 nitrogen and oxygen atoms in total. The summed E-state index contributed by atoms with van der Waals surface area (Å²) in [5, 5.41) is 4.34. The van der Waals surface area contributed by atoms with Gasteiger partial charge in [0.2, 0.25) is 5.72 Å². The van der Waals surface area contributed by atoms with Crippen molar-refractivity contribution in [1.82, 2.24) is 10.4 Å². The number of benzene rings is 1. The number of nitrogens with one attached hydrogen (secondary N) is 1.